The van der Waals surface area contributed by atoms with Crippen molar-refractivity contribution < 1.29 is 29.2 Å². The standard InChI is InChI=1S/C17H24O3.C8H16O2.C8H12O.C8H12.CH4/c1-2-3-4-5-6-7-11-14-19-17(18)20-15-16-12-9-8-10-13-16;9-7-5-3-1-2-4-6-8-10;1-2-4-6-8-7(9-8)5-3-1;1-2-4-6-8-7-5-3-1;/h5-6,8-10,12-13H,2-4,7,11,14-15H2,1H3;1-2,9-10H,3-8H2;1-2,7-8H,3-6H2;1-2,7-8H,3-6H2;1H4/b6-5-;2-1-;;2-1-,8-7?;. The van der Waals surface area contributed by atoms with Gasteiger partial charge in [-0.15, -0.1) is 0 Å². The highest BCUT2D eigenvalue weighted by atomic mass is 16.7. The molecular weight excluding hydrogens is 600 g/mol. The lowest BCUT2D eigenvalue weighted by atomic mass is 10.1. The van der Waals surface area contributed by atoms with Crippen molar-refractivity contribution >= 4 is 6.16 Å². The topological polar surface area (TPSA) is 88.5 Å². The van der Waals surface area contributed by atoms with E-state index in [4.69, 9.17) is 24.4 Å². The quantitative estimate of drug-likeness (QED) is 0.0837. The van der Waals surface area contributed by atoms with Crippen LogP contribution in [0.25, 0.3) is 0 Å². The highest BCUT2D eigenvalue weighted by molar-refractivity contribution is 5.59. The van der Waals surface area contributed by atoms with E-state index in [1.165, 1.54) is 64.2 Å². The summed E-state index contributed by atoms with van der Waals surface area (Å²) in [5, 5.41) is 16.8. The number of carbonyl (C=O) groups is 1. The van der Waals surface area contributed by atoms with E-state index in [2.05, 4.69) is 55.5 Å². The molecule has 6 heteroatoms. The van der Waals surface area contributed by atoms with Crippen LogP contribution in [0.3, 0.4) is 0 Å². The van der Waals surface area contributed by atoms with Crippen molar-refractivity contribution in [3.63, 3.8) is 0 Å². The first kappa shape index (κ1) is 45.1. The molecule has 2 unspecified atom stereocenters. The Hall–Kier alpha value is -2.93. The maximum Gasteiger partial charge on any atom is 0.508 e. The third kappa shape index (κ3) is 30.4. The summed E-state index contributed by atoms with van der Waals surface area (Å²) in [6.45, 7) is 3.39. The Balaban J connectivity index is 0.000000662. The highest BCUT2D eigenvalue weighted by Gasteiger charge is 2.37. The minimum Gasteiger partial charge on any atom is -0.434 e. The average Bonchev–Trinajstić information content (AvgIpc) is 3.80. The Kier molecular flexibility index (Phi) is 33.2. The van der Waals surface area contributed by atoms with Crippen molar-refractivity contribution in [1.82, 2.24) is 0 Å². The molecule has 1 aromatic carbocycles. The summed E-state index contributed by atoms with van der Waals surface area (Å²) in [6, 6.07) is 9.57. The molecule has 4 rings (SSSR count). The zero-order chi connectivity index (χ0) is 33.9. The highest BCUT2D eigenvalue weighted by Crippen LogP contribution is 2.31. The zero-order valence-electron chi connectivity index (χ0n) is 29.2. The van der Waals surface area contributed by atoms with Crippen molar-refractivity contribution in [2.75, 3.05) is 19.8 Å². The van der Waals surface area contributed by atoms with Crippen molar-refractivity contribution in [2.45, 2.75) is 142 Å². The summed E-state index contributed by atoms with van der Waals surface area (Å²) in [7, 11) is 0. The molecule has 6 nitrogen and oxygen atoms in total. The normalized spacial score (nSPS) is 18.4. The molecule has 1 heterocycles. The van der Waals surface area contributed by atoms with Gasteiger partial charge in [-0.05, 0) is 102 Å². The molecule has 2 aliphatic carbocycles. The Morgan fingerprint density at radius 2 is 1.15 bits per heavy atom. The van der Waals surface area contributed by atoms with E-state index in [0.29, 0.717) is 18.8 Å². The Labute approximate surface area is 293 Å². The number of hydrogen-bond acceptors (Lipinski definition) is 6. The molecule has 1 fully saturated rings. The van der Waals surface area contributed by atoms with E-state index in [0.717, 1.165) is 50.5 Å². The molecule has 2 N–H and O–H groups in total. The third-order valence-electron chi connectivity index (χ3n) is 7.47. The van der Waals surface area contributed by atoms with Gasteiger partial charge in [0.25, 0.3) is 0 Å². The number of hydrogen-bond donors (Lipinski definition) is 2. The van der Waals surface area contributed by atoms with E-state index in [1.807, 2.05) is 42.5 Å². The first-order valence-electron chi connectivity index (χ1n) is 18.2. The van der Waals surface area contributed by atoms with Crippen LogP contribution >= 0.6 is 0 Å². The summed E-state index contributed by atoms with van der Waals surface area (Å²) in [4.78, 5) is 11.3. The van der Waals surface area contributed by atoms with E-state index >= 15 is 0 Å². The van der Waals surface area contributed by atoms with E-state index in [9.17, 15) is 4.79 Å². The number of fused-ring (bicyclic) bond motifs is 1. The zero-order valence-corrected chi connectivity index (χ0v) is 29.2. The first-order chi connectivity index (χ1) is 23.2. The monoisotopic (exact) mass is 669 g/mol. The molecule has 48 heavy (non-hydrogen) atoms. The van der Waals surface area contributed by atoms with Gasteiger partial charge in [-0.1, -0.05) is 118 Å². The number of allylic oxidation sites excluding steroid dienone is 10. The number of unbranched alkanes of at least 4 members (excludes halogenated alkanes) is 5. The third-order valence-corrected chi connectivity index (χ3v) is 7.47. The fraction of sp³-hybridized carbons (Fsp3) is 0.595. The fourth-order valence-electron chi connectivity index (χ4n) is 4.63. The first-order valence-corrected chi connectivity index (χ1v) is 18.2. The number of benzene rings is 1. The van der Waals surface area contributed by atoms with Crippen molar-refractivity contribution in [3.8, 4) is 0 Å². The summed E-state index contributed by atoms with van der Waals surface area (Å²) >= 11 is 0. The van der Waals surface area contributed by atoms with Crippen molar-refractivity contribution in [3.05, 3.63) is 96.7 Å². The van der Waals surface area contributed by atoms with Crippen LogP contribution in [-0.4, -0.2) is 48.4 Å². The van der Waals surface area contributed by atoms with Crippen LogP contribution in [0, 0.1) is 0 Å². The maximum atomic E-state index is 11.3. The van der Waals surface area contributed by atoms with Gasteiger partial charge >= 0.3 is 6.16 Å². The Morgan fingerprint density at radius 3 is 1.62 bits per heavy atom. The van der Waals surface area contributed by atoms with Gasteiger partial charge in [-0.2, -0.15) is 0 Å². The molecule has 2 atom stereocenters. The smallest absolute Gasteiger partial charge is 0.434 e. The second-order valence-corrected chi connectivity index (χ2v) is 11.8. The lowest BCUT2D eigenvalue weighted by Crippen LogP contribution is -2.08. The minimum atomic E-state index is -0.594. The largest absolute Gasteiger partial charge is 0.508 e. The molecule has 272 valence electrons. The second-order valence-electron chi connectivity index (χ2n) is 11.8. The predicted molar refractivity (Wildman–Crippen MR) is 202 cm³/mol. The number of aliphatic hydroxyl groups is 2. The van der Waals surface area contributed by atoms with Crippen LogP contribution in [0.1, 0.15) is 129 Å². The van der Waals surface area contributed by atoms with Crippen LogP contribution in [-0.2, 0) is 20.8 Å². The molecule has 0 spiro atoms. The number of epoxide rings is 1. The molecule has 0 amide bonds. The van der Waals surface area contributed by atoms with Crippen LogP contribution in [0.4, 0.5) is 4.79 Å². The van der Waals surface area contributed by atoms with Crippen molar-refractivity contribution in [1.29, 1.82) is 0 Å². The maximum absolute atomic E-state index is 11.3. The summed E-state index contributed by atoms with van der Waals surface area (Å²) in [5.41, 5.74) is 0.961. The Morgan fingerprint density at radius 1 is 0.688 bits per heavy atom. The predicted octanol–water partition coefficient (Wildman–Crippen LogP) is 11.1. The van der Waals surface area contributed by atoms with Crippen LogP contribution in [0.5, 0.6) is 0 Å². The molecule has 3 aliphatic rings. The molecule has 0 aromatic heterocycles. The lowest BCUT2D eigenvalue weighted by Gasteiger charge is -2.05. The van der Waals surface area contributed by atoms with Crippen LogP contribution in [0.2, 0.25) is 0 Å². The second kappa shape index (κ2) is 35.4. The summed E-state index contributed by atoms with van der Waals surface area (Å²) in [6.07, 6.45) is 41.6. The van der Waals surface area contributed by atoms with E-state index in [1.54, 1.807) is 0 Å². The number of carbonyl (C=O) groups excluding carboxylic acids is 1. The number of aliphatic hydroxyl groups excluding tert-OH is 2. The average molecular weight is 669 g/mol. The molecule has 0 saturated carbocycles. The minimum absolute atomic E-state index is 0. The van der Waals surface area contributed by atoms with Crippen LogP contribution in [0.15, 0.2) is 91.1 Å². The Bertz CT molecular complexity index is 931. The van der Waals surface area contributed by atoms with Gasteiger partial charge in [0.05, 0.1) is 18.8 Å². The number of ether oxygens (including phenoxy) is 3. The molecule has 0 bridgehead atoms. The van der Waals surface area contributed by atoms with Gasteiger partial charge in [0.1, 0.15) is 6.61 Å². The van der Waals surface area contributed by atoms with E-state index in [-0.39, 0.29) is 27.2 Å². The van der Waals surface area contributed by atoms with Gasteiger partial charge in [0.2, 0.25) is 0 Å². The molecule has 1 aliphatic heterocycles. The van der Waals surface area contributed by atoms with E-state index < -0.39 is 6.16 Å². The van der Waals surface area contributed by atoms with Gasteiger partial charge in [0, 0.05) is 13.2 Å². The number of rotatable bonds is 15. The van der Waals surface area contributed by atoms with Gasteiger partial charge in [0.15, 0.2) is 0 Å². The summed E-state index contributed by atoms with van der Waals surface area (Å²) in [5.74, 6) is 0. The van der Waals surface area contributed by atoms with Crippen LogP contribution < -0.4 is 0 Å². The molecule has 0 radical (unpaired) electrons. The molecule has 1 saturated heterocycles. The SMILES string of the molecule is C.C1=CCC/C=C\CC1.C1=CCCC2OC2CC1.CCCC/C=C\CCCOC(=O)OCc1ccccc1.OCCC/C=C\CCCO. The fourth-order valence-corrected chi connectivity index (χ4v) is 4.63. The van der Waals surface area contributed by atoms with Crippen molar-refractivity contribution in [2.24, 2.45) is 0 Å². The van der Waals surface area contributed by atoms with Gasteiger partial charge < -0.3 is 24.4 Å². The van der Waals surface area contributed by atoms with Gasteiger partial charge in [-0.3, -0.25) is 0 Å². The molecular formula is C42H68O6. The lowest BCUT2D eigenvalue weighted by molar-refractivity contribution is 0.0493. The summed E-state index contributed by atoms with van der Waals surface area (Å²) < 4.78 is 15.4. The van der Waals surface area contributed by atoms with Gasteiger partial charge in [-0.25, -0.2) is 4.79 Å². The molecule has 1 aromatic rings.